The number of pyridine rings is 1. The molecule has 0 saturated carbocycles. The highest BCUT2D eigenvalue weighted by Crippen LogP contribution is 2.37. The van der Waals surface area contributed by atoms with E-state index in [1.807, 2.05) is 0 Å². The molecule has 3 rings (SSSR count). The van der Waals surface area contributed by atoms with Crippen molar-refractivity contribution in [2.45, 2.75) is 6.36 Å². The molecular weight excluding hydrogens is 467 g/mol. The quantitative estimate of drug-likeness (QED) is 0.302. The minimum atomic E-state index is -4.87. The molecule has 0 bridgehead atoms. The van der Waals surface area contributed by atoms with E-state index in [2.05, 4.69) is 9.73 Å². The summed E-state index contributed by atoms with van der Waals surface area (Å²) in [5, 5.41) is 8.51. The summed E-state index contributed by atoms with van der Waals surface area (Å²) in [6, 6.07) is 7.81. The van der Waals surface area contributed by atoms with Crippen LogP contribution in [0.4, 0.5) is 17.6 Å². The van der Waals surface area contributed by atoms with E-state index in [4.69, 9.17) is 27.9 Å². The molecule has 1 amide bonds. The van der Waals surface area contributed by atoms with E-state index in [1.165, 1.54) is 24.5 Å². The third kappa shape index (κ3) is 5.68. The van der Waals surface area contributed by atoms with Crippen LogP contribution in [0.3, 0.4) is 0 Å². The fraction of sp³-hybridized carbons (Fsp3) is 0.0526. The third-order valence-electron chi connectivity index (χ3n) is 3.65. The summed E-state index contributed by atoms with van der Waals surface area (Å²) in [4.78, 5) is 16.3. The number of nitrogens with zero attached hydrogens (tertiary/aromatic N) is 2. The molecule has 0 saturated heterocycles. The summed E-state index contributed by atoms with van der Waals surface area (Å²) in [7, 11) is 0. The van der Waals surface area contributed by atoms with E-state index >= 15 is 0 Å². The standard InChI is InChI=1S/C19H10Cl2F4N2O4/c20-13-9-14(30-11-1-3-12(4-2-11)31-19(23,24)25)15(17(22)16(13)21)18(28)26-10-5-7-27(29)8-6-10/h1-9,29H. The van der Waals surface area contributed by atoms with Gasteiger partial charge in [0.15, 0.2) is 5.82 Å². The van der Waals surface area contributed by atoms with Crippen molar-refractivity contribution in [1.82, 2.24) is 4.73 Å². The average molecular weight is 477 g/mol. The van der Waals surface area contributed by atoms with E-state index in [0.29, 0.717) is 4.73 Å². The van der Waals surface area contributed by atoms with E-state index < -0.39 is 34.4 Å². The molecule has 0 unspecified atom stereocenters. The Hall–Kier alpha value is -3.24. The van der Waals surface area contributed by atoms with E-state index in [-0.39, 0.29) is 21.9 Å². The average Bonchev–Trinajstić information content (AvgIpc) is 2.68. The molecule has 12 heteroatoms. The molecule has 0 atom stereocenters. The van der Waals surface area contributed by atoms with Crippen molar-refractivity contribution in [1.29, 1.82) is 0 Å². The zero-order chi connectivity index (χ0) is 22.8. The molecule has 0 radical (unpaired) electrons. The molecule has 1 heterocycles. The topological polar surface area (TPSA) is 73.1 Å². The van der Waals surface area contributed by atoms with Crippen LogP contribution in [0.25, 0.3) is 0 Å². The van der Waals surface area contributed by atoms with Crippen molar-refractivity contribution in [2.75, 3.05) is 0 Å². The maximum absolute atomic E-state index is 14.7. The normalized spacial score (nSPS) is 11.2. The number of carbonyl (C=O) groups is 1. The minimum absolute atomic E-state index is 0.0394. The Labute approximate surface area is 181 Å². The maximum atomic E-state index is 14.7. The van der Waals surface area contributed by atoms with Gasteiger partial charge in [0.25, 0.3) is 5.91 Å². The second kappa shape index (κ2) is 8.86. The SMILES string of the molecule is O=C(N=c1ccn(O)cc1)c1c(Oc2ccc(OC(F)(F)F)cc2)cc(Cl)c(Cl)c1F. The van der Waals surface area contributed by atoms with E-state index in [9.17, 15) is 27.6 Å². The molecule has 1 aromatic heterocycles. The van der Waals surface area contributed by atoms with Crippen LogP contribution in [0.1, 0.15) is 10.4 Å². The van der Waals surface area contributed by atoms with Crippen LogP contribution in [0.15, 0.2) is 59.9 Å². The second-order valence-corrected chi connectivity index (χ2v) is 6.62. The third-order valence-corrected chi connectivity index (χ3v) is 4.42. The van der Waals surface area contributed by atoms with Gasteiger partial charge < -0.3 is 14.7 Å². The molecule has 2 aromatic carbocycles. The number of amides is 1. The van der Waals surface area contributed by atoms with E-state index in [1.54, 1.807) is 0 Å². The highest BCUT2D eigenvalue weighted by molar-refractivity contribution is 6.42. The first-order chi connectivity index (χ1) is 14.5. The lowest BCUT2D eigenvalue weighted by Crippen LogP contribution is -2.16. The molecular formula is C19H10Cl2F4N2O4. The Kier molecular flexibility index (Phi) is 6.42. The number of alkyl halides is 3. The zero-order valence-electron chi connectivity index (χ0n) is 15.0. The maximum Gasteiger partial charge on any atom is 0.573 e. The van der Waals surface area contributed by atoms with Crippen LogP contribution in [0.2, 0.25) is 10.0 Å². The van der Waals surface area contributed by atoms with Crippen molar-refractivity contribution in [3.8, 4) is 17.2 Å². The number of aromatic nitrogens is 1. The monoisotopic (exact) mass is 476 g/mol. The molecule has 0 fully saturated rings. The summed E-state index contributed by atoms with van der Waals surface area (Å²) in [6.45, 7) is 0. The van der Waals surface area contributed by atoms with E-state index in [0.717, 1.165) is 30.3 Å². The van der Waals surface area contributed by atoms with Gasteiger partial charge in [-0.15, -0.1) is 13.2 Å². The van der Waals surface area contributed by atoms with Crippen LogP contribution in [0.5, 0.6) is 17.2 Å². The smallest absolute Gasteiger partial charge is 0.456 e. The lowest BCUT2D eigenvalue weighted by Gasteiger charge is -2.13. The van der Waals surface area contributed by atoms with Crippen LogP contribution in [-0.4, -0.2) is 22.2 Å². The summed E-state index contributed by atoms with van der Waals surface area (Å²) in [5.41, 5.74) is -0.647. The molecule has 0 aliphatic carbocycles. The molecule has 0 spiro atoms. The summed E-state index contributed by atoms with van der Waals surface area (Å²) in [5.74, 6) is -3.17. The fourth-order valence-corrected chi connectivity index (χ4v) is 2.68. The number of ether oxygens (including phenoxy) is 2. The number of hydrogen-bond donors (Lipinski definition) is 1. The van der Waals surface area contributed by atoms with Crippen LogP contribution < -0.4 is 14.8 Å². The largest absolute Gasteiger partial charge is 0.573 e. The van der Waals surface area contributed by atoms with Crippen molar-refractivity contribution < 1.29 is 37.0 Å². The van der Waals surface area contributed by atoms with Gasteiger partial charge in [-0.2, -0.15) is 0 Å². The fourth-order valence-electron chi connectivity index (χ4n) is 2.35. The Morgan fingerprint density at radius 3 is 2.19 bits per heavy atom. The van der Waals surface area contributed by atoms with Gasteiger partial charge in [0, 0.05) is 18.5 Å². The van der Waals surface area contributed by atoms with Crippen molar-refractivity contribution >= 4 is 29.1 Å². The molecule has 0 aliphatic rings. The Morgan fingerprint density at radius 2 is 1.61 bits per heavy atom. The van der Waals surface area contributed by atoms with Crippen molar-refractivity contribution in [3.05, 3.63) is 81.6 Å². The highest BCUT2D eigenvalue weighted by Gasteiger charge is 2.31. The van der Waals surface area contributed by atoms with Crippen molar-refractivity contribution in [2.24, 2.45) is 4.99 Å². The number of hydrogen-bond acceptors (Lipinski definition) is 4. The van der Waals surface area contributed by atoms with Crippen LogP contribution >= 0.6 is 23.2 Å². The lowest BCUT2D eigenvalue weighted by atomic mass is 10.1. The number of rotatable bonds is 4. The first-order valence-corrected chi connectivity index (χ1v) is 8.97. The number of benzene rings is 2. The minimum Gasteiger partial charge on any atom is -0.456 e. The van der Waals surface area contributed by atoms with Gasteiger partial charge in [-0.3, -0.25) is 4.79 Å². The zero-order valence-corrected chi connectivity index (χ0v) is 16.5. The number of carbonyl (C=O) groups excluding carboxylic acids is 1. The lowest BCUT2D eigenvalue weighted by molar-refractivity contribution is -0.274. The van der Waals surface area contributed by atoms with Gasteiger partial charge in [0.05, 0.1) is 15.4 Å². The first-order valence-electron chi connectivity index (χ1n) is 8.21. The van der Waals surface area contributed by atoms with Crippen LogP contribution in [0, 0.1) is 5.82 Å². The predicted octanol–water partition coefficient (Wildman–Crippen LogP) is 5.60. The number of halogens is 6. The molecule has 6 nitrogen and oxygen atoms in total. The summed E-state index contributed by atoms with van der Waals surface area (Å²) in [6.07, 6.45) is -2.48. The molecule has 1 N–H and O–H groups in total. The van der Waals surface area contributed by atoms with Gasteiger partial charge in [-0.25, -0.2) is 14.1 Å². The van der Waals surface area contributed by atoms with Gasteiger partial charge in [-0.05, 0) is 36.4 Å². The van der Waals surface area contributed by atoms with Gasteiger partial charge >= 0.3 is 6.36 Å². The Morgan fingerprint density at radius 1 is 1.03 bits per heavy atom. The second-order valence-electron chi connectivity index (χ2n) is 5.83. The first kappa shape index (κ1) is 22.4. The Bertz CT molecular complexity index is 1170. The molecule has 3 aromatic rings. The summed E-state index contributed by atoms with van der Waals surface area (Å²) < 4.78 is 61.5. The highest BCUT2D eigenvalue weighted by atomic mass is 35.5. The van der Waals surface area contributed by atoms with Gasteiger partial charge in [0.1, 0.15) is 22.8 Å². The molecule has 31 heavy (non-hydrogen) atoms. The Balaban J connectivity index is 1.98. The van der Waals surface area contributed by atoms with Crippen molar-refractivity contribution in [3.63, 3.8) is 0 Å². The van der Waals surface area contributed by atoms with Gasteiger partial charge in [0.2, 0.25) is 0 Å². The molecule has 162 valence electrons. The summed E-state index contributed by atoms with van der Waals surface area (Å²) >= 11 is 11.7. The van der Waals surface area contributed by atoms with Gasteiger partial charge in [-0.1, -0.05) is 23.2 Å². The van der Waals surface area contributed by atoms with Crippen LogP contribution in [-0.2, 0) is 0 Å². The predicted molar refractivity (Wildman–Crippen MR) is 101 cm³/mol. The molecule has 0 aliphatic heterocycles.